The Kier molecular flexibility index (Phi) is 3.17. The number of benzene rings is 2. The third kappa shape index (κ3) is 2.33. The van der Waals surface area contributed by atoms with E-state index in [2.05, 4.69) is 58.8 Å². The number of rotatable bonds is 2. The van der Waals surface area contributed by atoms with Gasteiger partial charge in [0.1, 0.15) is 0 Å². The Balaban J connectivity index is 1.71. The molecule has 2 nitrogen and oxygen atoms in total. The topological polar surface area (TPSA) is 29.3 Å². The summed E-state index contributed by atoms with van der Waals surface area (Å²) in [6.45, 7) is 1.87. The van der Waals surface area contributed by atoms with Gasteiger partial charge in [0.05, 0.1) is 0 Å². The lowest BCUT2D eigenvalue weighted by Gasteiger charge is -2.34. The van der Waals surface area contributed by atoms with Crippen molar-refractivity contribution in [3.8, 4) is 0 Å². The van der Waals surface area contributed by atoms with Crippen LogP contribution in [0, 0.1) is 0 Å². The Hall–Kier alpha value is -1.84. The highest BCUT2D eigenvalue weighted by molar-refractivity contribution is 7.17. The lowest BCUT2D eigenvalue weighted by molar-refractivity contribution is 0.600. The molecule has 2 heterocycles. The van der Waals surface area contributed by atoms with Crippen LogP contribution >= 0.6 is 11.3 Å². The number of anilines is 1. The highest BCUT2D eigenvalue weighted by Gasteiger charge is 2.22. The van der Waals surface area contributed by atoms with E-state index in [0.717, 1.165) is 19.5 Å². The van der Waals surface area contributed by atoms with E-state index in [1.54, 1.807) is 0 Å². The van der Waals surface area contributed by atoms with Gasteiger partial charge in [0, 0.05) is 29.5 Å². The van der Waals surface area contributed by atoms with Gasteiger partial charge in [-0.1, -0.05) is 36.4 Å². The van der Waals surface area contributed by atoms with Crippen LogP contribution in [0.15, 0.2) is 53.9 Å². The van der Waals surface area contributed by atoms with Gasteiger partial charge in [-0.15, -0.1) is 11.3 Å². The SMILES string of the molecule is NC1Cc2ccccc2N(Cc2csc3ccccc23)C1. The zero-order valence-corrected chi connectivity index (χ0v) is 12.6. The predicted molar refractivity (Wildman–Crippen MR) is 91.0 cm³/mol. The average molecular weight is 294 g/mol. The fraction of sp³-hybridized carbons (Fsp3) is 0.222. The molecule has 2 N–H and O–H groups in total. The second-order valence-electron chi connectivity index (χ2n) is 5.73. The number of nitrogens with zero attached hydrogens (tertiary/aromatic N) is 1. The molecule has 0 radical (unpaired) electrons. The van der Waals surface area contributed by atoms with E-state index < -0.39 is 0 Å². The van der Waals surface area contributed by atoms with Crippen LogP contribution in [-0.4, -0.2) is 12.6 Å². The van der Waals surface area contributed by atoms with E-state index in [-0.39, 0.29) is 6.04 Å². The van der Waals surface area contributed by atoms with E-state index in [1.165, 1.54) is 26.9 Å². The minimum atomic E-state index is 0.227. The first-order chi connectivity index (χ1) is 10.3. The van der Waals surface area contributed by atoms with Gasteiger partial charge in [0.25, 0.3) is 0 Å². The fourth-order valence-electron chi connectivity index (χ4n) is 3.23. The summed E-state index contributed by atoms with van der Waals surface area (Å²) < 4.78 is 1.36. The van der Waals surface area contributed by atoms with Crippen LogP contribution in [0.25, 0.3) is 10.1 Å². The normalized spacial score (nSPS) is 18.0. The second-order valence-corrected chi connectivity index (χ2v) is 6.64. The first-order valence-electron chi connectivity index (χ1n) is 7.35. The molecule has 4 rings (SSSR count). The molecule has 0 bridgehead atoms. The van der Waals surface area contributed by atoms with Crippen LogP contribution in [0.5, 0.6) is 0 Å². The van der Waals surface area contributed by atoms with Crippen molar-refractivity contribution < 1.29 is 0 Å². The molecule has 2 aromatic carbocycles. The number of hydrogen-bond acceptors (Lipinski definition) is 3. The minimum Gasteiger partial charge on any atom is -0.365 e. The van der Waals surface area contributed by atoms with Crippen molar-refractivity contribution in [2.45, 2.75) is 19.0 Å². The standard InChI is InChI=1S/C18H18N2S/c19-15-9-13-5-1-3-7-17(13)20(11-15)10-14-12-21-18-8-4-2-6-16(14)18/h1-8,12,15H,9-11,19H2. The lowest BCUT2D eigenvalue weighted by Crippen LogP contribution is -2.42. The molecule has 0 fully saturated rings. The van der Waals surface area contributed by atoms with Gasteiger partial charge in [-0.2, -0.15) is 0 Å². The molecule has 0 spiro atoms. The molecule has 0 saturated heterocycles. The Morgan fingerprint density at radius 3 is 2.86 bits per heavy atom. The Labute approximate surface area is 128 Å². The van der Waals surface area contributed by atoms with Crippen LogP contribution in [-0.2, 0) is 13.0 Å². The van der Waals surface area contributed by atoms with Gasteiger partial charge in [-0.25, -0.2) is 0 Å². The molecule has 1 unspecified atom stereocenters. The summed E-state index contributed by atoms with van der Waals surface area (Å²) in [5.41, 5.74) is 10.4. The maximum Gasteiger partial charge on any atom is 0.0444 e. The van der Waals surface area contributed by atoms with Crippen LogP contribution in [0.1, 0.15) is 11.1 Å². The Morgan fingerprint density at radius 1 is 1.10 bits per heavy atom. The number of thiophene rings is 1. The zero-order chi connectivity index (χ0) is 14.2. The summed E-state index contributed by atoms with van der Waals surface area (Å²) in [6, 6.07) is 17.5. The third-order valence-electron chi connectivity index (χ3n) is 4.19. The molecule has 3 heteroatoms. The molecule has 0 amide bonds. The summed E-state index contributed by atoms with van der Waals surface area (Å²) in [6.07, 6.45) is 0.983. The molecule has 0 aliphatic carbocycles. The van der Waals surface area contributed by atoms with Crippen molar-refractivity contribution in [2.24, 2.45) is 5.73 Å². The molecule has 1 aliphatic heterocycles. The van der Waals surface area contributed by atoms with Crippen molar-refractivity contribution >= 4 is 27.1 Å². The molecular formula is C18H18N2S. The summed E-state index contributed by atoms with van der Waals surface area (Å²) in [5, 5.41) is 3.66. The number of nitrogens with two attached hydrogens (primary N) is 1. The highest BCUT2D eigenvalue weighted by Crippen LogP contribution is 2.31. The highest BCUT2D eigenvalue weighted by atomic mass is 32.1. The van der Waals surface area contributed by atoms with Gasteiger partial charge >= 0.3 is 0 Å². The first-order valence-corrected chi connectivity index (χ1v) is 8.23. The average Bonchev–Trinajstić information content (AvgIpc) is 2.90. The van der Waals surface area contributed by atoms with Crippen LogP contribution in [0.2, 0.25) is 0 Å². The lowest BCUT2D eigenvalue weighted by atomic mass is 9.98. The van der Waals surface area contributed by atoms with Crippen molar-refractivity contribution in [1.82, 2.24) is 0 Å². The minimum absolute atomic E-state index is 0.227. The summed E-state index contributed by atoms with van der Waals surface area (Å²) in [5.74, 6) is 0. The first kappa shape index (κ1) is 12.9. The number of para-hydroxylation sites is 1. The molecule has 3 aromatic rings. The van der Waals surface area contributed by atoms with Crippen LogP contribution in [0.3, 0.4) is 0 Å². The molecule has 1 atom stereocenters. The van der Waals surface area contributed by atoms with Gasteiger partial charge in [0.15, 0.2) is 0 Å². The maximum absolute atomic E-state index is 6.24. The molecule has 106 valence electrons. The number of hydrogen-bond donors (Lipinski definition) is 1. The smallest absolute Gasteiger partial charge is 0.0444 e. The van der Waals surface area contributed by atoms with Gasteiger partial charge < -0.3 is 10.6 Å². The quantitative estimate of drug-likeness (QED) is 0.779. The summed E-state index contributed by atoms with van der Waals surface area (Å²) in [7, 11) is 0. The van der Waals surface area contributed by atoms with Crippen molar-refractivity contribution in [3.05, 3.63) is 65.0 Å². The van der Waals surface area contributed by atoms with Crippen LogP contribution in [0.4, 0.5) is 5.69 Å². The zero-order valence-electron chi connectivity index (χ0n) is 11.8. The van der Waals surface area contributed by atoms with E-state index in [1.807, 2.05) is 11.3 Å². The molecule has 1 aliphatic rings. The van der Waals surface area contributed by atoms with E-state index >= 15 is 0 Å². The predicted octanol–water partition coefficient (Wildman–Crippen LogP) is 3.79. The van der Waals surface area contributed by atoms with Crippen molar-refractivity contribution in [3.63, 3.8) is 0 Å². The van der Waals surface area contributed by atoms with Crippen molar-refractivity contribution in [1.29, 1.82) is 0 Å². The molecule has 0 saturated carbocycles. The van der Waals surface area contributed by atoms with E-state index in [4.69, 9.17) is 5.73 Å². The van der Waals surface area contributed by atoms with Gasteiger partial charge in [0.2, 0.25) is 0 Å². The third-order valence-corrected chi connectivity index (χ3v) is 5.20. The second kappa shape index (κ2) is 5.17. The fourth-order valence-corrected chi connectivity index (χ4v) is 4.18. The van der Waals surface area contributed by atoms with Gasteiger partial charge in [-0.05, 0) is 40.4 Å². The maximum atomic E-state index is 6.24. The van der Waals surface area contributed by atoms with Crippen LogP contribution < -0.4 is 10.6 Å². The summed E-state index contributed by atoms with van der Waals surface area (Å²) >= 11 is 1.83. The molecule has 21 heavy (non-hydrogen) atoms. The molecule has 1 aromatic heterocycles. The largest absolute Gasteiger partial charge is 0.365 e. The monoisotopic (exact) mass is 294 g/mol. The Morgan fingerprint density at radius 2 is 1.90 bits per heavy atom. The summed E-state index contributed by atoms with van der Waals surface area (Å²) in [4.78, 5) is 2.43. The van der Waals surface area contributed by atoms with E-state index in [9.17, 15) is 0 Å². The molecular weight excluding hydrogens is 276 g/mol. The van der Waals surface area contributed by atoms with E-state index in [0.29, 0.717) is 0 Å². The Bertz CT molecular complexity index is 777. The number of fused-ring (bicyclic) bond motifs is 2. The van der Waals surface area contributed by atoms with Crippen molar-refractivity contribution in [2.75, 3.05) is 11.4 Å². The van der Waals surface area contributed by atoms with Gasteiger partial charge in [-0.3, -0.25) is 0 Å².